The summed E-state index contributed by atoms with van der Waals surface area (Å²) in [5, 5.41) is 0. The van der Waals surface area contributed by atoms with Gasteiger partial charge >= 0.3 is 0 Å². The molecule has 1 aliphatic carbocycles. The second-order valence-electron chi connectivity index (χ2n) is 5.00. The molecule has 0 heterocycles. The van der Waals surface area contributed by atoms with E-state index in [9.17, 15) is 0 Å². The lowest BCUT2D eigenvalue weighted by Gasteiger charge is -2.25. The van der Waals surface area contributed by atoms with E-state index in [0.717, 1.165) is 0 Å². The van der Waals surface area contributed by atoms with E-state index in [2.05, 4.69) is 95.6 Å². The molecule has 0 aliphatic heterocycles. The number of alkyl halides is 6. The third kappa shape index (κ3) is 8.35. The van der Waals surface area contributed by atoms with Gasteiger partial charge in [0.25, 0.3) is 0 Å². The molecule has 0 aromatic rings. The van der Waals surface area contributed by atoms with Gasteiger partial charge in [-0.1, -0.05) is 95.6 Å². The zero-order valence-corrected chi connectivity index (χ0v) is 19.5. The Kier molecular flexibility index (Phi) is 10.3. The zero-order chi connectivity index (χ0) is 13.7. The molecule has 0 atom stereocenters. The van der Waals surface area contributed by atoms with Gasteiger partial charge in [-0.25, -0.2) is 0 Å². The minimum atomic E-state index is 0.588. The van der Waals surface area contributed by atoms with Gasteiger partial charge in [0.15, 0.2) is 0 Å². The van der Waals surface area contributed by atoms with Crippen molar-refractivity contribution >= 4 is 95.6 Å². The third-order valence-electron chi connectivity index (χ3n) is 3.07. The van der Waals surface area contributed by atoms with E-state index in [4.69, 9.17) is 0 Å². The highest BCUT2D eigenvalue weighted by molar-refractivity contribution is 9.11. The van der Waals surface area contributed by atoms with Crippen LogP contribution >= 0.6 is 95.6 Å². The molecule has 0 bridgehead atoms. The first kappa shape index (κ1) is 18.9. The van der Waals surface area contributed by atoms with Crippen molar-refractivity contribution in [2.45, 2.75) is 67.5 Å². The van der Waals surface area contributed by atoms with E-state index in [1.807, 2.05) is 0 Å². The summed E-state index contributed by atoms with van der Waals surface area (Å²) in [6, 6.07) is 0. The molecule has 6 heteroatoms. The Bertz CT molecular complexity index is 163. The fourth-order valence-corrected chi connectivity index (χ4v) is 10.7. The fraction of sp³-hybridized carbons (Fsp3) is 1.00. The zero-order valence-electron chi connectivity index (χ0n) is 9.97. The normalized spacial score (nSPS) is 45.0. The first-order chi connectivity index (χ1) is 8.36. The maximum Gasteiger partial charge on any atom is 0.0167 e. The van der Waals surface area contributed by atoms with Crippen molar-refractivity contribution in [3.63, 3.8) is 0 Å². The topological polar surface area (TPSA) is 0 Å². The summed E-state index contributed by atoms with van der Waals surface area (Å²) in [5.74, 6) is 0. The monoisotopic (exact) mass is 636 g/mol. The molecule has 1 fully saturated rings. The highest BCUT2D eigenvalue weighted by Gasteiger charge is 2.24. The van der Waals surface area contributed by atoms with E-state index in [1.165, 1.54) is 38.5 Å². The van der Waals surface area contributed by atoms with Gasteiger partial charge in [-0.3, -0.25) is 0 Å². The van der Waals surface area contributed by atoms with Crippen LogP contribution in [0.2, 0.25) is 0 Å². The standard InChI is InChI=1S/C12H18Br6/c13-7-1-8(14)3-10(16)5-12(18)6-11(17)4-9(15)2-7/h7-12H,1-6H2. The average Bonchev–Trinajstić information content (AvgIpc) is 2.12. The molecular formula is C12H18Br6. The predicted octanol–water partition coefficient (Wildman–Crippen LogP) is 6.92. The Labute approximate surface area is 161 Å². The van der Waals surface area contributed by atoms with Crippen molar-refractivity contribution in [3.05, 3.63) is 0 Å². The smallest absolute Gasteiger partial charge is 0.0167 e. The highest BCUT2D eigenvalue weighted by Crippen LogP contribution is 2.33. The van der Waals surface area contributed by atoms with Crippen LogP contribution < -0.4 is 0 Å². The van der Waals surface area contributed by atoms with E-state index in [1.54, 1.807) is 0 Å². The van der Waals surface area contributed by atoms with E-state index in [0.29, 0.717) is 29.0 Å². The molecule has 0 radical (unpaired) electrons. The van der Waals surface area contributed by atoms with Crippen molar-refractivity contribution in [1.29, 1.82) is 0 Å². The summed E-state index contributed by atoms with van der Waals surface area (Å²) in [6.45, 7) is 0. The lowest BCUT2D eigenvalue weighted by atomic mass is 10.0. The first-order valence-electron chi connectivity index (χ1n) is 6.21. The van der Waals surface area contributed by atoms with Crippen molar-refractivity contribution in [2.75, 3.05) is 0 Å². The van der Waals surface area contributed by atoms with Gasteiger partial charge in [0, 0.05) is 29.0 Å². The summed E-state index contributed by atoms with van der Waals surface area (Å²) in [7, 11) is 0. The van der Waals surface area contributed by atoms with Crippen LogP contribution in [0, 0.1) is 0 Å². The number of hydrogen-bond donors (Lipinski definition) is 0. The number of halogens is 6. The Morgan fingerprint density at radius 2 is 0.444 bits per heavy atom. The summed E-state index contributed by atoms with van der Waals surface area (Å²) < 4.78 is 0. The van der Waals surface area contributed by atoms with Gasteiger partial charge < -0.3 is 0 Å². The molecule has 0 aromatic carbocycles. The van der Waals surface area contributed by atoms with Crippen molar-refractivity contribution in [2.24, 2.45) is 0 Å². The minimum Gasteiger partial charge on any atom is -0.0890 e. The molecule has 0 spiro atoms. The Balaban J connectivity index is 2.60. The Hall–Kier alpha value is 2.88. The van der Waals surface area contributed by atoms with Crippen molar-refractivity contribution in [1.82, 2.24) is 0 Å². The molecule has 108 valence electrons. The minimum absolute atomic E-state index is 0.588. The van der Waals surface area contributed by atoms with Crippen LogP contribution in [0.3, 0.4) is 0 Å². The van der Waals surface area contributed by atoms with Gasteiger partial charge in [0.1, 0.15) is 0 Å². The molecule has 0 nitrogen and oxygen atoms in total. The van der Waals surface area contributed by atoms with Crippen LogP contribution in [-0.4, -0.2) is 29.0 Å². The van der Waals surface area contributed by atoms with Crippen molar-refractivity contribution < 1.29 is 0 Å². The average molecular weight is 642 g/mol. The second kappa shape index (κ2) is 9.81. The van der Waals surface area contributed by atoms with Gasteiger partial charge in [-0.05, 0) is 38.5 Å². The summed E-state index contributed by atoms with van der Waals surface area (Å²) in [6.07, 6.45) is 7.11. The second-order valence-corrected chi connectivity index (χ2v) is 12.8. The molecule has 0 unspecified atom stereocenters. The largest absolute Gasteiger partial charge is 0.0890 e. The third-order valence-corrected chi connectivity index (χ3v) is 7.55. The van der Waals surface area contributed by atoms with Crippen LogP contribution in [0.4, 0.5) is 0 Å². The predicted molar refractivity (Wildman–Crippen MR) is 104 cm³/mol. The Morgan fingerprint density at radius 3 is 0.556 bits per heavy atom. The van der Waals surface area contributed by atoms with Gasteiger partial charge in [-0.2, -0.15) is 0 Å². The lowest BCUT2D eigenvalue weighted by Crippen LogP contribution is -2.22. The van der Waals surface area contributed by atoms with Crippen LogP contribution in [0.5, 0.6) is 0 Å². The van der Waals surface area contributed by atoms with Gasteiger partial charge in [0.2, 0.25) is 0 Å². The van der Waals surface area contributed by atoms with Gasteiger partial charge in [0.05, 0.1) is 0 Å². The summed E-state index contributed by atoms with van der Waals surface area (Å²) >= 11 is 22.9. The van der Waals surface area contributed by atoms with Crippen LogP contribution in [-0.2, 0) is 0 Å². The quantitative estimate of drug-likeness (QED) is 0.252. The van der Waals surface area contributed by atoms with E-state index in [-0.39, 0.29) is 0 Å². The maximum absolute atomic E-state index is 3.81. The maximum atomic E-state index is 3.81. The van der Waals surface area contributed by atoms with E-state index >= 15 is 0 Å². The summed E-state index contributed by atoms with van der Waals surface area (Å²) in [4.78, 5) is 3.53. The van der Waals surface area contributed by atoms with Crippen LogP contribution in [0.1, 0.15) is 38.5 Å². The van der Waals surface area contributed by atoms with Crippen molar-refractivity contribution in [3.8, 4) is 0 Å². The number of hydrogen-bond acceptors (Lipinski definition) is 0. The molecule has 0 N–H and O–H groups in total. The summed E-state index contributed by atoms with van der Waals surface area (Å²) in [5.41, 5.74) is 0. The van der Waals surface area contributed by atoms with Gasteiger partial charge in [-0.15, -0.1) is 0 Å². The molecule has 1 aliphatic rings. The molecule has 0 saturated heterocycles. The first-order valence-corrected chi connectivity index (χ1v) is 11.7. The molecule has 18 heavy (non-hydrogen) atoms. The Morgan fingerprint density at radius 1 is 0.333 bits per heavy atom. The molecule has 0 aromatic heterocycles. The molecule has 0 amide bonds. The molecular weight excluding hydrogens is 624 g/mol. The fourth-order valence-electron chi connectivity index (χ4n) is 2.24. The van der Waals surface area contributed by atoms with Crippen LogP contribution in [0.25, 0.3) is 0 Å². The van der Waals surface area contributed by atoms with Crippen LogP contribution in [0.15, 0.2) is 0 Å². The van der Waals surface area contributed by atoms with E-state index < -0.39 is 0 Å². The molecule has 1 rings (SSSR count). The SMILES string of the molecule is BrC1CC(Br)CC(Br)CC(Br)CC(Br)CC(Br)C1. The lowest BCUT2D eigenvalue weighted by molar-refractivity contribution is 0.558. The highest BCUT2D eigenvalue weighted by atomic mass is 79.9. The molecule has 1 saturated carbocycles. The number of rotatable bonds is 0.